The summed E-state index contributed by atoms with van der Waals surface area (Å²) in [6.45, 7) is 1.45. The average Bonchev–Trinajstić information content (AvgIpc) is 3.05. The minimum Gasteiger partial charge on any atom is -0.496 e. The fourth-order valence-electron chi connectivity index (χ4n) is 2.25. The number of carbonyl (C=O) groups is 1. The van der Waals surface area contributed by atoms with Crippen molar-refractivity contribution in [3.63, 3.8) is 0 Å². The highest BCUT2D eigenvalue weighted by Crippen LogP contribution is 2.17. The van der Waals surface area contributed by atoms with Gasteiger partial charge in [-0.3, -0.25) is 15.6 Å². The number of nitrogens with one attached hydrogen (secondary N) is 3. The van der Waals surface area contributed by atoms with E-state index in [4.69, 9.17) is 21.7 Å². The van der Waals surface area contributed by atoms with E-state index in [0.717, 1.165) is 25.0 Å². The summed E-state index contributed by atoms with van der Waals surface area (Å²) in [4.78, 5) is 11.9. The van der Waals surface area contributed by atoms with Gasteiger partial charge >= 0.3 is 0 Å². The molecule has 1 aliphatic heterocycles. The number of hydrogen-bond donors (Lipinski definition) is 3. The number of hydrogen-bond acceptors (Lipinski definition) is 4. The smallest absolute Gasteiger partial charge is 0.242 e. The van der Waals surface area contributed by atoms with Gasteiger partial charge in [-0.05, 0) is 31.1 Å². The van der Waals surface area contributed by atoms with Crippen LogP contribution in [0.1, 0.15) is 18.4 Å². The van der Waals surface area contributed by atoms with E-state index < -0.39 is 0 Å². The Kier molecular flexibility index (Phi) is 6.42. The van der Waals surface area contributed by atoms with E-state index in [1.165, 1.54) is 0 Å². The maximum atomic E-state index is 11.9. The summed E-state index contributed by atoms with van der Waals surface area (Å²) < 4.78 is 10.7. The van der Waals surface area contributed by atoms with Gasteiger partial charge in [0.1, 0.15) is 5.75 Å². The zero-order chi connectivity index (χ0) is 15.8. The Morgan fingerprint density at radius 1 is 1.41 bits per heavy atom. The summed E-state index contributed by atoms with van der Waals surface area (Å²) in [6, 6.07) is 7.41. The molecule has 6 nitrogen and oxygen atoms in total. The molecule has 1 unspecified atom stereocenters. The van der Waals surface area contributed by atoms with E-state index in [2.05, 4.69) is 16.2 Å². The van der Waals surface area contributed by atoms with Crippen molar-refractivity contribution in [2.75, 3.05) is 20.3 Å². The number of rotatable bonds is 5. The van der Waals surface area contributed by atoms with E-state index in [-0.39, 0.29) is 18.4 Å². The summed E-state index contributed by atoms with van der Waals surface area (Å²) in [5.41, 5.74) is 6.08. The van der Waals surface area contributed by atoms with Gasteiger partial charge in [0, 0.05) is 18.7 Å². The standard InChI is InChI=1S/C15H21N3O3S/c1-20-13-7-3-2-5-11(13)9-14(19)17-18-15(22)16-10-12-6-4-8-21-12/h2-3,5,7,12H,4,6,8-10H2,1H3,(H,17,19)(H2,16,18,22). The number of hydrazine groups is 1. The van der Waals surface area contributed by atoms with E-state index in [1.807, 2.05) is 24.3 Å². The largest absolute Gasteiger partial charge is 0.496 e. The molecule has 0 bridgehead atoms. The molecule has 1 aliphatic rings. The second-order valence-corrected chi connectivity index (χ2v) is 5.42. The van der Waals surface area contributed by atoms with Gasteiger partial charge in [-0.1, -0.05) is 18.2 Å². The second kappa shape index (κ2) is 8.55. The number of ether oxygens (including phenoxy) is 2. The number of carbonyl (C=O) groups excluding carboxylic acids is 1. The third kappa shape index (κ3) is 5.16. The summed E-state index contributed by atoms with van der Waals surface area (Å²) in [6.07, 6.45) is 2.53. The van der Waals surface area contributed by atoms with Gasteiger partial charge in [0.25, 0.3) is 0 Å². The molecule has 3 N–H and O–H groups in total. The molecular weight excluding hydrogens is 302 g/mol. The SMILES string of the molecule is COc1ccccc1CC(=O)NNC(=S)NCC1CCCO1. The molecular formula is C15H21N3O3S. The second-order valence-electron chi connectivity index (χ2n) is 5.01. The van der Waals surface area contributed by atoms with E-state index in [1.54, 1.807) is 7.11 Å². The first-order valence-corrected chi connectivity index (χ1v) is 7.66. The quantitative estimate of drug-likeness (QED) is 0.553. The van der Waals surface area contributed by atoms with Crippen LogP contribution in [0.4, 0.5) is 0 Å². The lowest BCUT2D eigenvalue weighted by molar-refractivity contribution is -0.121. The highest BCUT2D eigenvalue weighted by molar-refractivity contribution is 7.80. The highest BCUT2D eigenvalue weighted by atomic mass is 32.1. The van der Waals surface area contributed by atoms with Gasteiger partial charge in [0.15, 0.2) is 5.11 Å². The molecule has 22 heavy (non-hydrogen) atoms. The zero-order valence-corrected chi connectivity index (χ0v) is 13.4. The van der Waals surface area contributed by atoms with Crippen molar-refractivity contribution >= 4 is 23.2 Å². The van der Waals surface area contributed by atoms with Crippen LogP contribution in [0.15, 0.2) is 24.3 Å². The van der Waals surface area contributed by atoms with Gasteiger partial charge in [-0.15, -0.1) is 0 Å². The van der Waals surface area contributed by atoms with Gasteiger partial charge < -0.3 is 14.8 Å². The van der Waals surface area contributed by atoms with Crippen molar-refractivity contribution < 1.29 is 14.3 Å². The molecule has 1 saturated heterocycles. The molecule has 0 aliphatic carbocycles. The molecule has 1 heterocycles. The van der Waals surface area contributed by atoms with Crippen LogP contribution in [0.2, 0.25) is 0 Å². The van der Waals surface area contributed by atoms with Gasteiger partial charge in [0.2, 0.25) is 5.91 Å². The van der Waals surface area contributed by atoms with Crippen LogP contribution in [-0.4, -0.2) is 37.4 Å². The number of thiocarbonyl (C=S) groups is 1. The highest BCUT2D eigenvalue weighted by Gasteiger charge is 2.15. The van der Waals surface area contributed by atoms with Crippen LogP contribution in [0.5, 0.6) is 5.75 Å². The third-order valence-corrected chi connectivity index (χ3v) is 3.62. The van der Waals surface area contributed by atoms with Crippen molar-refractivity contribution in [2.45, 2.75) is 25.4 Å². The fourth-order valence-corrected chi connectivity index (χ4v) is 2.38. The number of benzene rings is 1. The lowest BCUT2D eigenvalue weighted by Gasteiger charge is -2.14. The van der Waals surface area contributed by atoms with Crippen LogP contribution in [0.3, 0.4) is 0 Å². The fraction of sp³-hybridized carbons (Fsp3) is 0.467. The molecule has 120 valence electrons. The molecule has 1 aromatic rings. The van der Waals surface area contributed by atoms with E-state index >= 15 is 0 Å². The topological polar surface area (TPSA) is 71.6 Å². The molecule has 2 rings (SSSR count). The minimum absolute atomic E-state index is 0.189. The lowest BCUT2D eigenvalue weighted by atomic mass is 10.1. The molecule has 1 atom stereocenters. The lowest BCUT2D eigenvalue weighted by Crippen LogP contribution is -2.48. The average molecular weight is 323 g/mol. The number of methoxy groups -OCH3 is 1. The van der Waals surface area contributed by atoms with Crippen molar-refractivity contribution in [3.8, 4) is 5.75 Å². The maximum absolute atomic E-state index is 11.9. The van der Waals surface area contributed by atoms with E-state index in [0.29, 0.717) is 17.4 Å². The maximum Gasteiger partial charge on any atom is 0.242 e. The monoisotopic (exact) mass is 323 g/mol. The molecule has 1 fully saturated rings. The first kappa shape index (κ1) is 16.5. The normalized spacial score (nSPS) is 16.9. The number of para-hydroxylation sites is 1. The molecule has 1 aromatic carbocycles. The Hall–Kier alpha value is -1.86. The predicted octanol–water partition coefficient (Wildman–Crippen LogP) is 0.912. The van der Waals surface area contributed by atoms with Crippen LogP contribution in [-0.2, 0) is 16.0 Å². The predicted molar refractivity (Wildman–Crippen MR) is 87.6 cm³/mol. The summed E-state index contributed by atoms with van der Waals surface area (Å²) in [5.74, 6) is 0.502. The Morgan fingerprint density at radius 2 is 2.23 bits per heavy atom. The Labute approximate surface area is 135 Å². The van der Waals surface area contributed by atoms with Crippen LogP contribution >= 0.6 is 12.2 Å². The van der Waals surface area contributed by atoms with Gasteiger partial charge in [-0.2, -0.15) is 0 Å². The molecule has 1 amide bonds. The summed E-state index contributed by atoms with van der Waals surface area (Å²) in [7, 11) is 1.58. The van der Waals surface area contributed by atoms with Crippen molar-refractivity contribution in [3.05, 3.63) is 29.8 Å². The van der Waals surface area contributed by atoms with Crippen molar-refractivity contribution in [1.82, 2.24) is 16.2 Å². The zero-order valence-electron chi connectivity index (χ0n) is 12.6. The van der Waals surface area contributed by atoms with Gasteiger partial charge in [0.05, 0.1) is 19.6 Å². The molecule has 0 spiro atoms. The van der Waals surface area contributed by atoms with Crippen molar-refractivity contribution in [1.29, 1.82) is 0 Å². The van der Waals surface area contributed by atoms with Crippen molar-refractivity contribution in [2.24, 2.45) is 0 Å². The molecule has 7 heteroatoms. The van der Waals surface area contributed by atoms with Crippen LogP contribution < -0.4 is 20.9 Å². The Bertz CT molecular complexity index is 519. The first-order chi connectivity index (χ1) is 10.7. The summed E-state index contributed by atoms with van der Waals surface area (Å²) in [5, 5.41) is 3.40. The molecule has 0 radical (unpaired) electrons. The Balaban J connectivity index is 1.69. The minimum atomic E-state index is -0.189. The third-order valence-electron chi connectivity index (χ3n) is 3.37. The number of amides is 1. The van der Waals surface area contributed by atoms with Crippen LogP contribution in [0.25, 0.3) is 0 Å². The molecule has 0 aromatic heterocycles. The Morgan fingerprint density at radius 3 is 2.95 bits per heavy atom. The molecule has 0 saturated carbocycles. The van der Waals surface area contributed by atoms with E-state index in [9.17, 15) is 4.79 Å². The first-order valence-electron chi connectivity index (χ1n) is 7.25. The summed E-state index contributed by atoms with van der Waals surface area (Å²) >= 11 is 5.10. The van der Waals surface area contributed by atoms with Crippen LogP contribution in [0, 0.1) is 0 Å². The van der Waals surface area contributed by atoms with Gasteiger partial charge in [-0.25, -0.2) is 0 Å².